The zero-order valence-corrected chi connectivity index (χ0v) is 25.4. The minimum Gasteiger partial charge on any atom is -0.406 e. The van der Waals surface area contributed by atoms with Gasteiger partial charge in [-0.2, -0.15) is 4.99 Å². The lowest BCUT2D eigenvalue weighted by Gasteiger charge is -2.13. The summed E-state index contributed by atoms with van der Waals surface area (Å²) < 4.78 is 44.7. The molecule has 0 radical (unpaired) electrons. The fraction of sp³-hybridized carbons (Fsp3) is 0.250. The number of thiazole rings is 1. The quantitative estimate of drug-likeness (QED) is 0.201. The van der Waals surface area contributed by atoms with E-state index in [9.17, 15) is 18.0 Å². The number of aromatic nitrogens is 4. The summed E-state index contributed by atoms with van der Waals surface area (Å²) in [7, 11) is 0. The first-order chi connectivity index (χ1) is 21.0. The average Bonchev–Trinajstić information content (AvgIpc) is 3.60. The van der Waals surface area contributed by atoms with Crippen molar-refractivity contribution in [1.82, 2.24) is 24.6 Å². The van der Waals surface area contributed by atoms with Crippen molar-refractivity contribution in [2.24, 2.45) is 10.9 Å². The molecule has 2 amide bonds. The van der Waals surface area contributed by atoms with Gasteiger partial charge in [-0.3, -0.25) is 4.57 Å². The number of halogens is 3. The van der Waals surface area contributed by atoms with Crippen LogP contribution in [-0.4, -0.2) is 38.3 Å². The van der Waals surface area contributed by atoms with Crippen LogP contribution < -0.4 is 14.9 Å². The number of carbonyl (C=O) groups is 1. The Bertz CT molecular complexity index is 1800. The maximum absolute atomic E-state index is 12.8. The summed E-state index contributed by atoms with van der Waals surface area (Å²) in [5.41, 5.74) is 6.74. The van der Waals surface area contributed by atoms with Crippen LogP contribution in [0.3, 0.4) is 0 Å². The third kappa shape index (κ3) is 7.43. The van der Waals surface area contributed by atoms with Crippen LogP contribution in [0.4, 0.5) is 18.0 Å². The van der Waals surface area contributed by atoms with Gasteiger partial charge in [-0.15, -0.1) is 29.6 Å². The molecule has 1 atom stereocenters. The molecule has 0 bridgehead atoms. The maximum Gasteiger partial charge on any atom is 0.573 e. The second-order valence-corrected chi connectivity index (χ2v) is 11.4. The lowest BCUT2D eigenvalue weighted by atomic mass is 10.00. The van der Waals surface area contributed by atoms with Crippen LogP contribution in [0.15, 0.2) is 83.4 Å². The summed E-state index contributed by atoms with van der Waals surface area (Å²) in [4.78, 5) is 22.1. The van der Waals surface area contributed by atoms with E-state index in [0.29, 0.717) is 22.9 Å². The summed E-state index contributed by atoms with van der Waals surface area (Å²) in [5, 5.41) is 9.39. The molecule has 8 nitrogen and oxygen atoms in total. The number of rotatable bonds is 8. The summed E-state index contributed by atoms with van der Waals surface area (Å²) in [6, 6.07) is 19.0. The van der Waals surface area contributed by atoms with Crippen LogP contribution in [-0.2, 0) is 6.42 Å². The highest BCUT2D eigenvalue weighted by Gasteiger charge is 2.31. The Labute approximate surface area is 256 Å². The van der Waals surface area contributed by atoms with Gasteiger partial charge in [0.2, 0.25) is 0 Å². The van der Waals surface area contributed by atoms with Crippen LogP contribution in [0.1, 0.15) is 29.3 Å². The standard InChI is InChI=1S/C32H31F3N6O2S/c1-20(17-36-30(42)38-31-41(23(4)18-44-31)28-21(2)6-5-7-22(28)3)16-24-8-10-25(11-9-24)29-37-19-40(39-29)26-12-14-27(15-13-26)43-32(33,34)35/h5-15,18-20H,16-17H2,1-4H3,(H,36,42). The molecule has 0 aliphatic heterocycles. The highest BCUT2D eigenvalue weighted by atomic mass is 32.1. The van der Waals surface area contributed by atoms with Crippen LogP contribution in [0.2, 0.25) is 0 Å². The molecule has 2 aromatic heterocycles. The number of benzene rings is 3. The highest BCUT2D eigenvalue weighted by molar-refractivity contribution is 7.07. The molecule has 3 aromatic carbocycles. The Hall–Kier alpha value is -4.71. The highest BCUT2D eigenvalue weighted by Crippen LogP contribution is 2.24. The number of ether oxygens (including phenoxy) is 1. The fourth-order valence-electron chi connectivity index (χ4n) is 4.87. The minimum absolute atomic E-state index is 0.164. The van der Waals surface area contributed by atoms with Gasteiger partial charge in [0, 0.05) is 23.2 Å². The molecule has 2 heterocycles. The van der Waals surface area contributed by atoms with Crippen molar-refractivity contribution in [2.45, 2.75) is 40.5 Å². The van der Waals surface area contributed by atoms with Crippen molar-refractivity contribution in [3.8, 4) is 28.5 Å². The average molecular weight is 621 g/mol. The van der Waals surface area contributed by atoms with Gasteiger partial charge >= 0.3 is 12.4 Å². The zero-order valence-electron chi connectivity index (χ0n) is 24.6. The van der Waals surface area contributed by atoms with Gasteiger partial charge in [0.15, 0.2) is 10.6 Å². The molecule has 0 spiro atoms. The van der Waals surface area contributed by atoms with Crippen LogP contribution in [0.5, 0.6) is 5.75 Å². The van der Waals surface area contributed by atoms with E-state index >= 15 is 0 Å². The number of hydrogen-bond donors (Lipinski definition) is 1. The summed E-state index contributed by atoms with van der Waals surface area (Å²) >= 11 is 1.44. The molecule has 0 fully saturated rings. The topological polar surface area (TPSA) is 86.3 Å². The lowest BCUT2D eigenvalue weighted by Crippen LogP contribution is -2.29. The molecule has 5 aromatic rings. The van der Waals surface area contributed by atoms with E-state index in [1.807, 2.05) is 47.2 Å². The lowest BCUT2D eigenvalue weighted by molar-refractivity contribution is -0.274. The molecule has 1 N–H and O–H groups in total. The fourth-order valence-corrected chi connectivity index (χ4v) is 5.73. The second-order valence-electron chi connectivity index (χ2n) is 10.6. The number of alkyl halides is 3. The molecule has 0 aliphatic carbocycles. The predicted molar refractivity (Wildman–Crippen MR) is 163 cm³/mol. The zero-order chi connectivity index (χ0) is 31.4. The first-order valence-electron chi connectivity index (χ1n) is 13.9. The van der Waals surface area contributed by atoms with Crippen LogP contribution in [0.25, 0.3) is 22.8 Å². The van der Waals surface area contributed by atoms with Crippen molar-refractivity contribution < 1.29 is 22.7 Å². The molecule has 5 rings (SSSR count). The van der Waals surface area contributed by atoms with Crippen LogP contribution >= 0.6 is 11.3 Å². The van der Waals surface area contributed by atoms with E-state index in [4.69, 9.17) is 0 Å². The van der Waals surface area contributed by atoms with Crippen molar-refractivity contribution in [3.05, 3.63) is 106 Å². The largest absolute Gasteiger partial charge is 0.573 e. The van der Waals surface area contributed by atoms with E-state index in [1.165, 1.54) is 46.6 Å². The molecule has 44 heavy (non-hydrogen) atoms. The summed E-state index contributed by atoms with van der Waals surface area (Å²) in [5.74, 6) is 0.341. The molecular weight excluding hydrogens is 589 g/mol. The summed E-state index contributed by atoms with van der Waals surface area (Å²) in [6.07, 6.45) is -2.50. The molecule has 1 unspecified atom stereocenters. The van der Waals surface area contributed by atoms with Gasteiger partial charge in [-0.05, 0) is 74.1 Å². The Morgan fingerprint density at radius 2 is 1.70 bits per heavy atom. The smallest absolute Gasteiger partial charge is 0.406 e. The number of nitrogens with one attached hydrogen (secondary N) is 1. The monoisotopic (exact) mass is 620 g/mol. The number of hydrogen-bond acceptors (Lipinski definition) is 5. The van der Waals surface area contributed by atoms with Gasteiger partial charge in [0.25, 0.3) is 0 Å². The normalized spacial score (nSPS) is 12.8. The van der Waals surface area contributed by atoms with E-state index in [1.54, 1.807) is 0 Å². The predicted octanol–water partition coefficient (Wildman–Crippen LogP) is 7.10. The number of para-hydroxylation sites is 1. The molecule has 0 saturated heterocycles. The van der Waals surface area contributed by atoms with Gasteiger partial charge in [-0.1, -0.05) is 49.4 Å². The molecule has 0 saturated carbocycles. The van der Waals surface area contributed by atoms with E-state index < -0.39 is 6.36 Å². The van der Waals surface area contributed by atoms with Crippen molar-refractivity contribution in [2.75, 3.05) is 6.54 Å². The number of aryl methyl sites for hydroxylation is 3. The Balaban J connectivity index is 1.18. The number of carbonyl (C=O) groups excluding carboxylic acids is 1. The summed E-state index contributed by atoms with van der Waals surface area (Å²) in [6.45, 7) is 8.64. The van der Waals surface area contributed by atoms with Crippen molar-refractivity contribution in [3.63, 3.8) is 0 Å². The van der Waals surface area contributed by atoms with Crippen LogP contribution in [0, 0.1) is 26.7 Å². The first-order valence-corrected chi connectivity index (χ1v) is 14.8. The van der Waals surface area contributed by atoms with E-state index in [-0.39, 0.29) is 17.7 Å². The molecule has 0 aliphatic rings. The van der Waals surface area contributed by atoms with Crippen molar-refractivity contribution >= 4 is 17.4 Å². The molecular formula is C32H31F3N6O2S. The maximum atomic E-state index is 12.8. The van der Waals surface area contributed by atoms with E-state index in [0.717, 1.165) is 40.1 Å². The van der Waals surface area contributed by atoms with Gasteiger partial charge < -0.3 is 10.1 Å². The Morgan fingerprint density at radius 1 is 1.02 bits per heavy atom. The number of urea groups is 1. The Kier molecular flexibility index (Phi) is 9.00. The van der Waals surface area contributed by atoms with Gasteiger partial charge in [0.1, 0.15) is 12.1 Å². The molecule has 12 heteroatoms. The first kappa shape index (κ1) is 30.7. The molecule has 228 valence electrons. The van der Waals surface area contributed by atoms with Gasteiger partial charge in [0.05, 0.1) is 11.4 Å². The van der Waals surface area contributed by atoms with Crippen molar-refractivity contribution in [1.29, 1.82) is 0 Å². The number of amides is 2. The third-order valence-corrected chi connectivity index (χ3v) is 7.91. The SMILES string of the molecule is Cc1cccc(C)c1-n1c(C)csc1=NC(=O)NCC(C)Cc1ccc(-c2ncn(-c3ccc(OC(F)(F)F)cc3)n2)cc1. The minimum atomic E-state index is -4.75. The third-order valence-electron chi connectivity index (χ3n) is 6.96. The second kappa shape index (κ2) is 12.9. The Morgan fingerprint density at radius 3 is 2.36 bits per heavy atom. The van der Waals surface area contributed by atoms with E-state index in [2.05, 4.69) is 58.0 Å². The number of nitrogens with zero attached hydrogens (tertiary/aromatic N) is 5. The van der Waals surface area contributed by atoms with Gasteiger partial charge in [-0.25, -0.2) is 14.5 Å².